The van der Waals surface area contributed by atoms with Crippen LogP contribution < -0.4 is 16.4 Å². The van der Waals surface area contributed by atoms with Crippen LogP contribution in [0.4, 0.5) is 0 Å². The van der Waals surface area contributed by atoms with Gasteiger partial charge in [-0.15, -0.1) is 0 Å². The molecule has 0 bridgehead atoms. The van der Waals surface area contributed by atoms with E-state index in [1.54, 1.807) is 0 Å². The van der Waals surface area contributed by atoms with Crippen molar-refractivity contribution in [3.8, 4) is 0 Å². The van der Waals surface area contributed by atoms with Gasteiger partial charge in [0, 0.05) is 13.3 Å². The van der Waals surface area contributed by atoms with Crippen LogP contribution in [0.25, 0.3) is 0 Å². The first-order valence-electron chi connectivity index (χ1n) is 5.23. The molecule has 0 rings (SSSR count). The number of amides is 3. The van der Waals surface area contributed by atoms with Crippen molar-refractivity contribution in [2.24, 2.45) is 5.73 Å². The number of rotatable bonds is 8. The van der Waals surface area contributed by atoms with E-state index in [1.807, 2.05) is 0 Å². The van der Waals surface area contributed by atoms with Crippen LogP contribution in [0.3, 0.4) is 0 Å². The lowest BCUT2D eigenvalue weighted by Gasteiger charge is -2.14. The van der Waals surface area contributed by atoms with Crippen molar-refractivity contribution in [1.29, 1.82) is 5.41 Å². The maximum atomic E-state index is 11.3. The summed E-state index contributed by atoms with van der Waals surface area (Å²) in [6, 6.07) is -0.991. The Morgan fingerprint density at radius 1 is 1.33 bits per heavy atom. The number of Topliss-reactive ketones (excluding diaryl/α,β-unsaturated/α-hetero) is 1. The summed E-state index contributed by atoms with van der Waals surface area (Å²) >= 11 is 0. The Morgan fingerprint density at radius 3 is 2.39 bits per heavy atom. The molecular weight excluding hydrogens is 240 g/mol. The molecule has 0 aliphatic rings. The summed E-state index contributed by atoms with van der Waals surface area (Å²) in [6.07, 6.45) is 0.601. The van der Waals surface area contributed by atoms with Gasteiger partial charge >= 0.3 is 0 Å². The lowest BCUT2D eigenvalue weighted by atomic mass is 10.1. The fourth-order valence-electron chi connectivity index (χ4n) is 1.09. The Balaban J connectivity index is 4.22. The number of carbonyl (C=O) groups is 4. The third-order valence-electron chi connectivity index (χ3n) is 2.02. The van der Waals surface area contributed by atoms with Gasteiger partial charge in [0.15, 0.2) is 5.78 Å². The van der Waals surface area contributed by atoms with Crippen molar-refractivity contribution in [1.82, 2.24) is 10.6 Å². The smallest absolute Gasteiger partial charge is 0.240 e. The van der Waals surface area contributed by atoms with Crippen molar-refractivity contribution < 1.29 is 19.2 Å². The van der Waals surface area contributed by atoms with Crippen molar-refractivity contribution in [2.75, 3.05) is 6.54 Å². The molecule has 0 aliphatic carbocycles. The quantitative estimate of drug-likeness (QED) is 0.376. The summed E-state index contributed by atoms with van der Waals surface area (Å²) in [5, 5.41) is 11.2. The Labute approximate surface area is 104 Å². The van der Waals surface area contributed by atoms with E-state index in [0.29, 0.717) is 6.21 Å². The van der Waals surface area contributed by atoms with E-state index in [2.05, 4.69) is 10.6 Å². The van der Waals surface area contributed by atoms with Crippen molar-refractivity contribution in [3.63, 3.8) is 0 Å². The highest BCUT2D eigenvalue weighted by Crippen LogP contribution is 1.97. The fourth-order valence-corrected chi connectivity index (χ4v) is 1.09. The van der Waals surface area contributed by atoms with E-state index in [9.17, 15) is 19.2 Å². The summed E-state index contributed by atoms with van der Waals surface area (Å²) in [5.41, 5.74) is 5.06. The molecule has 1 atom stereocenters. The van der Waals surface area contributed by atoms with Gasteiger partial charge in [-0.25, -0.2) is 0 Å². The molecular formula is C10H16N4O4. The Hall–Kier alpha value is -2.25. The maximum Gasteiger partial charge on any atom is 0.240 e. The molecule has 8 heteroatoms. The number of nitrogens with one attached hydrogen (secondary N) is 3. The number of ketones is 1. The van der Waals surface area contributed by atoms with Gasteiger partial charge in [0.2, 0.25) is 17.7 Å². The summed E-state index contributed by atoms with van der Waals surface area (Å²) in [5.74, 6) is -2.18. The highest BCUT2D eigenvalue weighted by atomic mass is 16.2. The van der Waals surface area contributed by atoms with Crippen LogP contribution in [0.15, 0.2) is 0 Å². The molecule has 8 nitrogen and oxygen atoms in total. The van der Waals surface area contributed by atoms with Crippen LogP contribution in [0, 0.1) is 5.41 Å². The number of carbonyl (C=O) groups excluding carboxylic acids is 4. The lowest BCUT2D eigenvalue weighted by Crippen LogP contribution is -2.47. The Kier molecular flexibility index (Phi) is 6.94. The average Bonchev–Trinajstić information content (AvgIpc) is 2.30. The van der Waals surface area contributed by atoms with Gasteiger partial charge in [-0.2, -0.15) is 0 Å². The zero-order valence-corrected chi connectivity index (χ0v) is 9.99. The maximum absolute atomic E-state index is 11.3. The lowest BCUT2D eigenvalue weighted by molar-refractivity contribution is -0.128. The predicted octanol–water partition coefficient (Wildman–Crippen LogP) is -1.91. The number of nitrogens with two attached hydrogens (primary N) is 1. The zero-order chi connectivity index (χ0) is 14.1. The van der Waals surface area contributed by atoms with Gasteiger partial charge < -0.3 is 21.8 Å². The zero-order valence-electron chi connectivity index (χ0n) is 9.99. The molecule has 0 fully saturated rings. The van der Waals surface area contributed by atoms with Crippen LogP contribution in [0.2, 0.25) is 0 Å². The van der Waals surface area contributed by atoms with Crippen LogP contribution in [0.1, 0.15) is 19.8 Å². The van der Waals surface area contributed by atoms with E-state index in [0.717, 1.165) is 0 Å². The first-order valence-corrected chi connectivity index (χ1v) is 5.23. The summed E-state index contributed by atoms with van der Waals surface area (Å²) in [4.78, 5) is 43.8. The van der Waals surface area contributed by atoms with E-state index in [-0.39, 0.29) is 25.3 Å². The molecule has 0 saturated heterocycles. The second-order valence-corrected chi connectivity index (χ2v) is 3.58. The van der Waals surface area contributed by atoms with Gasteiger partial charge in [-0.3, -0.25) is 19.2 Å². The largest absolute Gasteiger partial charge is 0.368 e. The average molecular weight is 256 g/mol. The van der Waals surface area contributed by atoms with Crippen LogP contribution >= 0.6 is 0 Å². The molecule has 0 aliphatic heterocycles. The van der Waals surface area contributed by atoms with E-state index in [4.69, 9.17) is 11.1 Å². The molecule has 0 aromatic carbocycles. The SMILES string of the molecule is CC(=O)NCC(=O)NC(CCC(=O)C=N)C(N)=O. The minimum atomic E-state index is -0.991. The first-order chi connectivity index (χ1) is 8.36. The number of hydrogen-bond donors (Lipinski definition) is 4. The molecule has 0 aromatic rings. The second kappa shape index (κ2) is 7.93. The van der Waals surface area contributed by atoms with E-state index in [1.165, 1.54) is 6.92 Å². The molecule has 3 amide bonds. The van der Waals surface area contributed by atoms with Crippen LogP contribution in [0.5, 0.6) is 0 Å². The molecule has 5 N–H and O–H groups in total. The van der Waals surface area contributed by atoms with Crippen LogP contribution in [-0.4, -0.2) is 42.3 Å². The van der Waals surface area contributed by atoms with Gasteiger partial charge in [0.25, 0.3) is 0 Å². The summed E-state index contributed by atoms with van der Waals surface area (Å²) < 4.78 is 0. The molecule has 0 saturated carbocycles. The first kappa shape index (κ1) is 15.8. The standard InChI is InChI=1S/C10H16N4O4/c1-6(15)13-5-9(17)14-8(10(12)18)3-2-7(16)4-11/h4,8,11H,2-3,5H2,1H3,(H2,12,18)(H,13,15)(H,14,17). The molecule has 0 radical (unpaired) electrons. The highest BCUT2D eigenvalue weighted by molar-refractivity contribution is 6.26. The second-order valence-electron chi connectivity index (χ2n) is 3.58. The third kappa shape index (κ3) is 7.09. The molecule has 0 heterocycles. The summed E-state index contributed by atoms with van der Waals surface area (Å²) in [7, 11) is 0. The van der Waals surface area contributed by atoms with Gasteiger partial charge in [-0.05, 0) is 6.42 Å². The molecule has 0 spiro atoms. The highest BCUT2D eigenvalue weighted by Gasteiger charge is 2.18. The van der Waals surface area contributed by atoms with Gasteiger partial charge in [0.05, 0.1) is 12.8 Å². The van der Waals surface area contributed by atoms with Crippen molar-refractivity contribution >= 4 is 29.7 Å². The van der Waals surface area contributed by atoms with Crippen molar-refractivity contribution in [3.05, 3.63) is 0 Å². The summed E-state index contributed by atoms with van der Waals surface area (Å²) in [6.45, 7) is 0.985. The van der Waals surface area contributed by atoms with Gasteiger partial charge in [-0.1, -0.05) is 0 Å². The topological polar surface area (TPSA) is 142 Å². The van der Waals surface area contributed by atoms with E-state index < -0.39 is 23.6 Å². The fraction of sp³-hybridized carbons (Fsp3) is 0.500. The molecule has 1 unspecified atom stereocenters. The normalized spacial score (nSPS) is 11.2. The molecule has 0 aromatic heterocycles. The monoisotopic (exact) mass is 256 g/mol. The minimum Gasteiger partial charge on any atom is -0.368 e. The minimum absolute atomic E-state index is 0.0232. The number of primary amides is 1. The van der Waals surface area contributed by atoms with Gasteiger partial charge in [0.1, 0.15) is 6.04 Å². The molecule has 100 valence electrons. The Bertz CT molecular complexity index is 367. The van der Waals surface area contributed by atoms with Crippen molar-refractivity contribution in [2.45, 2.75) is 25.8 Å². The van der Waals surface area contributed by atoms with E-state index >= 15 is 0 Å². The van der Waals surface area contributed by atoms with Crippen LogP contribution in [-0.2, 0) is 19.2 Å². The molecule has 18 heavy (non-hydrogen) atoms. The predicted molar refractivity (Wildman–Crippen MR) is 62.8 cm³/mol. The Morgan fingerprint density at radius 2 is 1.94 bits per heavy atom. The third-order valence-corrected chi connectivity index (χ3v) is 2.02. The number of hydrogen-bond acceptors (Lipinski definition) is 5.